The number of non-ortho nitro benzene ring substituents is 1. The highest BCUT2D eigenvalue weighted by atomic mass is 16.6. The molecule has 0 atom stereocenters. The summed E-state index contributed by atoms with van der Waals surface area (Å²) in [6, 6.07) is 13.0. The molecule has 0 saturated heterocycles. The molecule has 108 valence electrons. The molecular weight excluding hydrogens is 266 g/mol. The lowest BCUT2D eigenvalue weighted by atomic mass is 9.98. The number of hydrogen-bond acceptors (Lipinski definition) is 4. The molecule has 2 N–H and O–H groups in total. The standard InChI is InChI=1S/C16H17N3O2/c17-15-3-1-2-12(8-15)10-18-7-6-13-4-5-16(19(20)21)9-14(13)11-18/h1-5,8-9H,6-7,10-11,17H2. The minimum atomic E-state index is -0.336. The van der Waals surface area contributed by atoms with Crippen molar-refractivity contribution in [2.24, 2.45) is 0 Å². The van der Waals surface area contributed by atoms with Gasteiger partial charge in [0.2, 0.25) is 0 Å². The monoisotopic (exact) mass is 283 g/mol. The predicted octanol–water partition coefficient (Wildman–Crippen LogP) is 2.74. The molecule has 0 saturated carbocycles. The van der Waals surface area contributed by atoms with Crippen molar-refractivity contribution in [1.29, 1.82) is 0 Å². The number of rotatable bonds is 3. The first-order valence-corrected chi connectivity index (χ1v) is 6.95. The van der Waals surface area contributed by atoms with E-state index in [0.29, 0.717) is 0 Å². The maximum absolute atomic E-state index is 10.9. The topological polar surface area (TPSA) is 72.4 Å². The van der Waals surface area contributed by atoms with Crippen LogP contribution in [-0.2, 0) is 19.5 Å². The van der Waals surface area contributed by atoms with Gasteiger partial charge in [-0.25, -0.2) is 0 Å². The number of anilines is 1. The summed E-state index contributed by atoms with van der Waals surface area (Å²) in [4.78, 5) is 12.8. The number of nitrogens with zero attached hydrogens (tertiary/aromatic N) is 2. The Morgan fingerprint density at radius 2 is 2.05 bits per heavy atom. The fourth-order valence-corrected chi connectivity index (χ4v) is 2.80. The van der Waals surface area contributed by atoms with Gasteiger partial charge in [0, 0.05) is 37.5 Å². The van der Waals surface area contributed by atoms with E-state index in [4.69, 9.17) is 5.73 Å². The van der Waals surface area contributed by atoms with Gasteiger partial charge in [-0.2, -0.15) is 0 Å². The van der Waals surface area contributed by atoms with Gasteiger partial charge in [-0.3, -0.25) is 15.0 Å². The van der Waals surface area contributed by atoms with E-state index in [1.807, 2.05) is 24.3 Å². The molecule has 0 bridgehead atoms. The van der Waals surface area contributed by atoms with Crippen molar-refractivity contribution >= 4 is 11.4 Å². The van der Waals surface area contributed by atoms with Crippen LogP contribution in [0, 0.1) is 10.1 Å². The zero-order valence-electron chi connectivity index (χ0n) is 11.7. The van der Waals surface area contributed by atoms with Gasteiger partial charge in [0.1, 0.15) is 0 Å². The minimum Gasteiger partial charge on any atom is -0.399 e. The van der Waals surface area contributed by atoms with Crippen LogP contribution in [0.2, 0.25) is 0 Å². The molecule has 3 rings (SSSR count). The van der Waals surface area contributed by atoms with Crippen LogP contribution >= 0.6 is 0 Å². The largest absolute Gasteiger partial charge is 0.399 e. The van der Waals surface area contributed by atoms with Gasteiger partial charge in [-0.05, 0) is 35.2 Å². The van der Waals surface area contributed by atoms with Crippen LogP contribution in [0.4, 0.5) is 11.4 Å². The van der Waals surface area contributed by atoms with E-state index >= 15 is 0 Å². The van der Waals surface area contributed by atoms with Crippen molar-refractivity contribution in [1.82, 2.24) is 4.90 Å². The number of nitro groups is 1. The number of benzene rings is 2. The maximum atomic E-state index is 10.9. The highest BCUT2D eigenvalue weighted by molar-refractivity contribution is 5.42. The van der Waals surface area contributed by atoms with Gasteiger partial charge in [-0.15, -0.1) is 0 Å². The first-order valence-electron chi connectivity index (χ1n) is 6.95. The molecule has 1 aliphatic heterocycles. The molecule has 2 aromatic rings. The van der Waals surface area contributed by atoms with E-state index in [2.05, 4.69) is 11.0 Å². The third kappa shape index (κ3) is 3.03. The smallest absolute Gasteiger partial charge is 0.269 e. The fourth-order valence-electron chi connectivity index (χ4n) is 2.80. The molecule has 0 aliphatic carbocycles. The predicted molar refractivity (Wildman–Crippen MR) is 81.8 cm³/mol. The third-order valence-electron chi connectivity index (χ3n) is 3.85. The molecule has 5 nitrogen and oxygen atoms in total. The Hall–Kier alpha value is -2.40. The Morgan fingerprint density at radius 1 is 1.19 bits per heavy atom. The molecule has 5 heteroatoms. The van der Waals surface area contributed by atoms with Gasteiger partial charge in [0.15, 0.2) is 0 Å². The van der Waals surface area contributed by atoms with Crippen molar-refractivity contribution in [2.75, 3.05) is 12.3 Å². The van der Waals surface area contributed by atoms with Crippen LogP contribution in [0.5, 0.6) is 0 Å². The Labute approximate surface area is 123 Å². The summed E-state index contributed by atoms with van der Waals surface area (Å²) in [6.07, 6.45) is 0.926. The fraction of sp³-hybridized carbons (Fsp3) is 0.250. The van der Waals surface area contributed by atoms with Gasteiger partial charge in [0.25, 0.3) is 5.69 Å². The molecule has 0 amide bonds. The van der Waals surface area contributed by atoms with E-state index in [1.165, 1.54) is 11.1 Å². The summed E-state index contributed by atoms with van der Waals surface area (Å²) in [5.74, 6) is 0. The molecule has 0 fully saturated rings. The van der Waals surface area contributed by atoms with Crippen molar-refractivity contribution in [3.05, 3.63) is 69.3 Å². The number of nitrogen functional groups attached to an aromatic ring is 1. The van der Waals surface area contributed by atoms with Crippen molar-refractivity contribution in [3.63, 3.8) is 0 Å². The summed E-state index contributed by atoms with van der Waals surface area (Å²) in [6.45, 7) is 2.51. The van der Waals surface area contributed by atoms with Gasteiger partial charge < -0.3 is 5.73 Å². The normalized spacial score (nSPS) is 14.7. The Balaban J connectivity index is 1.77. The number of nitro benzene ring substituents is 1. The van der Waals surface area contributed by atoms with E-state index in [1.54, 1.807) is 12.1 Å². The summed E-state index contributed by atoms with van der Waals surface area (Å²) >= 11 is 0. The molecule has 0 radical (unpaired) electrons. The molecule has 0 spiro atoms. The second kappa shape index (κ2) is 5.54. The SMILES string of the molecule is Nc1cccc(CN2CCc3ccc([N+](=O)[O-])cc3C2)c1. The Bertz CT molecular complexity index is 685. The van der Waals surface area contributed by atoms with E-state index in [-0.39, 0.29) is 10.6 Å². The summed E-state index contributed by atoms with van der Waals surface area (Å²) < 4.78 is 0. The summed E-state index contributed by atoms with van der Waals surface area (Å²) in [7, 11) is 0. The van der Waals surface area contributed by atoms with Crippen LogP contribution in [0.15, 0.2) is 42.5 Å². The highest BCUT2D eigenvalue weighted by Gasteiger charge is 2.19. The summed E-state index contributed by atoms with van der Waals surface area (Å²) in [5, 5.41) is 10.9. The first-order chi connectivity index (χ1) is 10.1. The lowest BCUT2D eigenvalue weighted by Crippen LogP contribution is -2.30. The van der Waals surface area contributed by atoms with Crippen LogP contribution in [0.3, 0.4) is 0 Å². The highest BCUT2D eigenvalue weighted by Crippen LogP contribution is 2.25. The van der Waals surface area contributed by atoms with Crippen molar-refractivity contribution in [2.45, 2.75) is 19.5 Å². The maximum Gasteiger partial charge on any atom is 0.269 e. The zero-order valence-corrected chi connectivity index (χ0v) is 11.7. The molecule has 2 aromatic carbocycles. The van der Waals surface area contributed by atoms with Crippen LogP contribution < -0.4 is 5.73 Å². The zero-order chi connectivity index (χ0) is 14.8. The lowest BCUT2D eigenvalue weighted by molar-refractivity contribution is -0.385. The van der Waals surface area contributed by atoms with Gasteiger partial charge in [0.05, 0.1) is 4.92 Å². The number of hydrogen-bond donors (Lipinski definition) is 1. The van der Waals surface area contributed by atoms with Gasteiger partial charge >= 0.3 is 0 Å². The van der Waals surface area contributed by atoms with Crippen molar-refractivity contribution in [3.8, 4) is 0 Å². The van der Waals surface area contributed by atoms with Crippen molar-refractivity contribution < 1.29 is 4.92 Å². The average molecular weight is 283 g/mol. The van der Waals surface area contributed by atoms with E-state index in [0.717, 1.165) is 37.3 Å². The molecule has 21 heavy (non-hydrogen) atoms. The van der Waals surface area contributed by atoms with Crippen LogP contribution in [0.25, 0.3) is 0 Å². The van der Waals surface area contributed by atoms with E-state index in [9.17, 15) is 10.1 Å². The van der Waals surface area contributed by atoms with Crippen LogP contribution in [-0.4, -0.2) is 16.4 Å². The second-order valence-electron chi connectivity index (χ2n) is 5.42. The quantitative estimate of drug-likeness (QED) is 0.534. The number of nitrogens with two attached hydrogens (primary N) is 1. The Morgan fingerprint density at radius 3 is 2.81 bits per heavy atom. The molecule has 0 aromatic heterocycles. The Kier molecular flexibility index (Phi) is 3.58. The molecule has 1 aliphatic rings. The van der Waals surface area contributed by atoms with Gasteiger partial charge in [-0.1, -0.05) is 18.2 Å². The molecule has 0 unspecified atom stereocenters. The average Bonchev–Trinajstić information content (AvgIpc) is 2.46. The minimum absolute atomic E-state index is 0.166. The lowest BCUT2D eigenvalue weighted by Gasteiger charge is -2.28. The first kappa shape index (κ1) is 13.6. The number of fused-ring (bicyclic) bond motifs is 1. The molecule has 1 heterocycles. The second-order valence-corrected chi connectivity index (χ2v) is 5.42. The third-order valence-corrected chi connectivity index (χ3v) is 3.85. The molecular formula is C16H17N3O2. The van der Waals surface area contributed by atoms with Crippen LogP contribution in [0.1, 0.15) is 16.7 Å². The summed E-state index contributed by atoms with van der Waals surface area (Å²) in [5.41, 5.74) is 10.2. The van der Waals surface area contributed by atoms with E-state index < -0.39 is 0 Å².